The Labute approximate surface area is 281 Å². The van der Waals surface area contributed by atoms with Gasteiger partial charge in [-0.2, -0.15) is 26.3 Å². The fourth-order valence-corrected chi connectivity index (χ4v) is 10.3. The number of hydrogen-bond donors (Lipinski definition) is 1. The zero-order valence-corrected chi connectivity index (χ0v) is 26.8. The molecule has 0 bridgehead atoms. The molecule has 0 spiro atoms. The Kier molecular flexibility index (Phi) is 10.5. The highest BCUT2D eigenvalue weighted by atomic mass is 31.2. The molecule has 0 aliphatic rings. The first-order chi connectivity index (χ1) is 23.4. The first kappa shape index (κ1) is 35.2. The van der Waals surface area contributed by atoms with Crippen molar-refractivity contribution < 1.29 is 36.6 Å². The van der Waals surface area contributed by atoms with E-state index in [4.69, 9.17) is 5.11 Å². The lowest BCUT2D eigenvalue weighted by atomic mass is 9.73. The van der Waals surface area contributed by atoms with E-state index in [0.29, 0.717) is 36.4 Å². The molecule has 1 N–H and O–H groups in total. The molecule has 9 heteroatoms. The van der Waals surface area contributed by atoms with E-state index in [9.17, 15) is 31.4 Å². The summed E-state index contributed by atoms with van der Waals surface area (Å²) in [6.07, 6.45) is -10.4. The van der Waals surface area contributed by atoms with Gasteiger partial charge in [0, 0.05) is 0 Å². The van der Waals surface area contributed by atoms with Crippen LogP contribution in [0.25, 0.3) is 0 Å². The molecular formula is C40H31F6O2P. The molecule has 0 saturated carbocycles. The standard InChI is InChI=1S/C25H22P.C15H10F6O2/c1-5-13-22(14-6-1)21-26(23-15-7-2-8-16-23,24-17-9-3-10-18-24)25-19-11-4-12-20-25;16-14(17,18)13(15(19,20)21,9-1-5-11(22)6-2-9)10-3-7-12(23)8-4-10/h1-20H,21H2;1-8,22-23H/q+1;/p-1. The molecule has 0 aromatic heterocycles. The lowest BCUT2D eigenvalue weighted by molar-refractivity contribution is -0.289. The number of phenols is 1. The van der Waals surface area contributed by atoms with Gasteiger partial charge in [-0.05, 0) is 65.2 Å². The van der Waals surface area contributed by atoms with Crippen molar-refractivity contribution in [2.45, 2.75) is 23.9 Å². The van der Waals surface area contributed by atoms with Gasteiger partial charge < -0.3 is 10.2 Å². The van der Waals surface area contributed by atoms with Gasteiger partial charge >= 0.3 is 12.4 Å². The third kappa shape index (κ3) is 7.20. The fourth-order valence-electron chi connectivity index (χ4n) is 6.02. The minimum Gasteiger partial charge on any atom is -0.872 e. The van der Waals surface area contributed by atoms with Crippen molar-refractivity contribution in [3.05, 3.63) is 187 Å². The summed E-state index contributed by atoms with van der Waals surface area (Å²) in [4.78, 5) is 0. The SMILES string of the molecule is [O-]c1ccc(C(c2ccc(O)cc2)(C(F)(F)F)C(F)(F)F)cc1.c1ccc(C[P+](c2ccccc2)(c2ccccc2)c2ccccc2)cc1. The third-order valence-electron chi connectivity index (χ3n) is 8.29. The van der Waals surface area contributed by atoms with E-state index in [1.807, 2.05) is 0 Å². The molecule has 0 unspecified atom stereocenters. The summed E-state index contributed by atoms with van der Waals surface area (Å²) in [5, 5.41) is 24.5. The fraction of sp³-hybridized carbons (Fsp3) is 0.100. The van der Waals surface area contributed by atoms with Gasteiger partial charge in [-0.15, -0.1) is 5.75 Å². The monoisotopic (exact) mass is 688 g/mol. The van der Waals surface area contributed by atoms with Crippen molar-refractivity contribution in [2.75, 3.05) is 0 Å². The molecule has 6 aromatic carbocycles. The molecule has 0 atom stereocenters. The summed E-state index contributed by atoms with van der Waals surface area (Å²) in [7, 11) is -1.78. The number of benzene rings is 6. The van der Waals surface area contributed by atoms with Gasteiger partial charge in [-0.3, -0.25) is 0 Å². The Bertz CT molecular complexity index is 1740. The average Bonchev–Trinajstić information content (AvgIpc) is 3.10. The number of hydrogen-bond acceptors (Lipinski definition) is 2. The Morgan fingerprint density at radius 3 is 1.12 bits per heavy atom. The summed E-state index contributed by atoms with van der Waals surface area (Å²) >= 11 is 0. The maximum absolute atomic E-state index is 13.6. The number of phenolic OH excluding ortho intramolecular Hbond substituents is 1. The number of alkyl halides is 6. The van der Waals surface area contributed by atoms with E-state index in [1.165, 1.54) is 21.5 Å². The van der Waals surface area contributed by atoms with Crippen LogP contribution in [0, 0.1) is 0 Å². The van der Waals surface area contributed by atoms with Crippen LogP contribution in [-0.2, 0) is 11.6 Å². The van der Waals surface area contributed by atoms with E-state index in [0.717, 1.165) is 18.3 Å². The number of rotatable bonds is 7. The largest absolute Gasteiger partial charge is 0.872 e. The van der Waals surface area contributed by atoms with Crippen LogP contribution in [0.2, 0.25) is 0 Å². The van der Waals surface area contributed by atoms with Gasteiger partial charge in [0.1, 0.15) is 28.9 Å². The summed E-state index contributed by atoms with van der Waals surface area (Å²) in [5.41, 5.74) is -5.14. The van der Waals surface area contributed by atoms with Crippen molar-refractivity contribution >= 4 is 23.2 Å². The molecule has 0 fully saturated rings. The van der Waals surface area contributed by atoms with E-state index < -0.39 is 47.7 Å². The minimum absolute atomic E-state index is 0.470. The predicted octanol–water partition coefficient (Wildman–Crippen LogP) is 9.06. The highest BCUT2D eigenvalue weighted by Crippen LogP contribution is 2.58. The maximum Gasteiger partial charge on any atom is 0.411 e. The molecule has 0 saturated heterocycles. The molecule has 0 heterocycles. The first-order valence-electron chi connectivity index (χ1n) is 15.2. The summed E-state index contributed by atoms with van der Waals surface area (Å²) in [5.74, 6) is -1.18. The number of aromatic hydroxyl groups is 1. The van der Waals surface area contributed by atoms with Crippen LogP contribution < -0.4 is 21.0 Å². The second-order valence-corrected chi connectivity index (χ2v) is 14.8. The molecule has 0 amide bonds. The maximum atomic E-state index is 13.6. The van der Waals surface area contributed by atoms with E-state index >= 15 is 0 Å². The lowest BCUT2D eigenvalue weighted by Gasteiger charge is -2.38. The van der Waals surface area contributed by atoms with Crippen molar-refractivity contribution in [3.63, 3.8) is 0 Å². The quantitative estimate of drug-likeness (QED) is 0.134. The normalized spacial score (nSPS) is 12.1. The van der Waals surface area contributed by atoms with E-state index in [2.05, 4.69) is 121 Å². The zero-order chi connectivity index (χ0) is 35.1. The van der Waals surface area contributed by atoms with Crippen molar-refractivity contribution in [3.8, 4) is 11.5 Å². The summed E-state index contributed by atoms with van der Waals surface area (Å²) < 4.78 is 81.5. The van der Waals surface area contributed by atoms with Crippen molar-refractivity contribution in [1.29, 1.82) is 0 Å². The highest BCUT2D eigenvalue weighted by molar-refractivity contribution is 7.95. The highest BCUT2D eigenvalue weighted by Gasteiger charge is 2.72. The van der Waals surface area contributed by atoms with Crippen molar-refractivity contribution in [2.24, 2.45) is 0 Å². The van der Waals surface area contributed by atoms with Gasteiger partial charge in [0.05, 0.1) is 6.16 Å². The molecule has 6 rings (SSSR count). The average molecular weight is 689 g/mol. The molecule has 0 aliphatic heterocycles. The van der Waals surface area contributed by atoms with Gasteiger partial charge in [0.15, 0.2) is 0 Å². The van der Waals surface area contributed by atoms with Gasteiger partial charge in [0.2, 0.25) is 5.41 Å². The lowest BCUT2D eigenvalue weighted by Crippen LogP contribution is -2.54. The molecular weight excluding hydrogens is 657 g/mol. The van der Waals surface area contributed by atoms with Crippen LogP contribution in [0.1, 0.15) is 16.7 Å². The van der Waals surface area contributed by atoms with E-state index in [1.54, 1.807) is 0 Å². The Hall–Kier alpha value is -5.07. The molecule has 49 heavy (non-hydrogen) atoms. The topological polar surface area (TPSA) is 43.3 Å². The molecule has 2 nitrogen and oxygen atoms in total. The molecule has 0 radical (unpaired) electrons. The van der Waals surface area contributed by atoms with Crippen LogP contribution in [-0.4, -0.2) is 17.5 Å². The molecule has 6 aromatic rings. The van der Waals surface area contributed by atoms with Crippen LogP contribution >= 0.6 is 7.26 Å². The first-order valence-corrected chi connectivity index (χ1v) is 17.2. The van der Waals surface area contributed by atoms with Crippen LogP contribution in [0.4, 0.5) is 26.3 Å². The Morgan fingerprint density at radius 1 is 0.449 bits per heavy atom. The summed E-state index contributed by atoms with van der Waals surface area (Å²) in [6.45, 7) is 0. The van der Waals surface area contributed by atoms with Crippen LogP contribution in [0.3, 0.4) is 0 Å². The van der Waals surface area contributed by atoms with E-state index in [-0.39, 0.29) is 0 Å². The minimum atomic E-state index is -5.72. The van der Waals surface area contributed by atoms with Gasteiger partial charge in [-0.25, -0.2) is 0 Å². The molecule has 0 aliphatic carbocycles. The molecule has 250 valence electrons. The summed E-state index contributed by atoms with van der Waals surface area (Å²) in [6, 6.07) is 48.9. The third-order valence-corrected chi connectivity index (χ3v) is 12.7. The van der Waals surface area contributed by atoms with Crippen LogP contribution in [0.15, 0.2) is 170 Å². The Morgan fingerprint density at radius 2 is 0.776 bits per heavy atom. The van der Waals surface area contributed by atoms with Gasteiger partial charge in [-0.1, -0.05) is 121 Å². The smallest absolute Gasteiger partial charge is 0.411 e. The second-order valence-electron chi connectivity index (χ2n) is 11.3. The second kappa shape index (κ2) is 14.6. The van der Waals surface area contributed by atoms with Gasteiger partial charge in [0.25, 0.3) is 0 Å². The number of halogens is 6. The van der Waals surface area contributed by atoms with Crippen LogP contribution in [0.5, 0.6) is 11.5 Å². The van der Waals surface area contributed by atoms with Crippen molar-refractivity contribution in [1.82, 2.24) is 0 Å². The Balaban J connectivity index is 0.000000193. The zero-order valence-electron chi connectivity index (χ0n) is 25.9. The predicted molar refractivity (Wildman–Crippen MR) is 182 cm³/mol.